The Morgan fingerprint density at radius 3 is 1.34 bits per heavy atom. The SMILES string of the molecule is C=C/C=C(\C=C/C)c1ccc(-c2ccc(-c3cc(-c4ccc(C(/C=C\C)=C/C=C)cc4)nc(-c4ccccc4)n3)cc2)cc1. The van der Waals surface area contributed by atoms with Crippen LogP contribution >= 0.6 is 0 Å². The lowest BCUT2D eigenvalue weighted by atomic mass is 9.98. The fraction of sp³-hybridized carbons (Fsp3) is 0.0476. The zero-order chi connectivity index (χ0) is 30.7. The molecule has 0 atom stereocenters. The number of allylic oxidation sites excluding steroid dienone is 10. The van der Waals surface area contributed by atoms with Crippen LogP contribution in [0.1, 0.15) is 25.0 Å². The summed E-state index contributed by atoms with van der Waals surface area (Å²) in [6.45, 7) is 11.8. The van der Waals surface area contributed by atoms with Crippen LogP contribution in [-0.4, -0.2) is 9.97 Å². The Bertz CT molecular complexity index is 1850. The van der Waals surface area contributed by atoms with Crippen LogP contribution in [0.2, 0.25) is 0 Å². The fourth-order valence-corrected chi connectivity index (χ4v) is 5.09. The summed E-state index contributed by atoms with van der Waals surface area (Å²) in [6.07, 6.45) is 15.9. The lowest BCUT2D eigenvalue weighted by molar-refractivity contribution is 1.18. The second kappa shape index (κ2) is 14.5. The molecule has 2 nitrogen and oxygen atoms in total. The van der Waals surface area contributed by atoms with E-state index in [4.69, 9.17) is 9.97 Å². The third-order valence-corrected chi connectivity index (χ3v) is 7.29. The fourth-order valence-electron chi connectivity index (χ4n) is 5.09. The van der Waals surface area contributed by atoms with Gasteiger partial charge in [-0.3, -0.25) is 0 Å². The summed E-state index contributed by atoms with van der Waals surface area (Å²) >= 11 is 0. The van der Waals surface area contributed by atoms with Gasteiger partial charge < -0.3 is 0 Å². The second-order valence-electron chi connectivity index (χ2n) is 10.3. The molecule has 2 heteroatoms. The number of hydrogen-bond acceptors (Lipinski definition) is 2. The van der Waals surface area contributed by atoms with Gasteiger partial charge in [0.25, 0.3) is 0 Å². The van der Waals surface area contributed by atoms with Crippen LogP contribution in [0.5, 0.6) is 0 Å². The van der Waals surface area contributed by atoms with Gasteiger partial charge in [-0.1, -0.05) is 165 Å². The zero-order valence-corrected chi connectivity index (χ0v) is 25.3. The highest BCUT2D eigenvalue weighted by Crippen LogP contribution is 2.31. The number of aromatic nitrogens is 2. The number of rotatable bonds is 10. The van der Waals surface area contributed by atoms with Gasteiger partial charge in [0.05, 0.1) is 11.4 Å². The van der Waals surface area contributed by atoms with E-state index in [1.807, 2.05) is 80.6 Å². The summed E-state index contributed by atoms with van der Waals surface area (Å²) in [5.41, 5.74) is 11.7. The average molecular weight is 569 g/mol. The Hall–Kier alpha value is -5.60. The van der Waals surface area contributed by atoms with E-state index in [1.165, 1.54) is 0 Å². The minimum absolute atomic E-state index is 0.701. The van der Waals surface area contributed by atoms with Crippen molar-refractivity contribution in [3.05, 3.63) is 182 Å². The maximum Gasteiger partial charge on any atom is 0.160 e. The van der Waals surface area contributed by atoms with Crippen LogP contribution < -0.4 is 0 Å². The van der Waals surface area contributed by atoms with E-state index in [1.54, 1.807) is 0 Å². The first-order valence-electron chi connectivity index (χ1n) is 14.8. The molecule has 0 fully saturated rings. The average Bonchev–Trinajstić information content (AvgIpc) is 3.08. The summed E-state index contributed by atoms with van der Waals surface area (Å²) in [4.78, 5) is 9.99. The molecule has 0 aliphatic carbocycles. The smallest absolute Gasteiger partial charge is 0.160 e. The molecule has 214 valence electrons. The molecule has 44 heavy (non-hydrogen) atoms. The van der Waals surface area contributed by atoms with E-state index >= 15 is 0 Å². The van der Waals surface area contributed by atoms with Gasteiger partial charge in [-0.25, -0.2) is 9.97 Å². The summed E-state index contributed by atoms with van der Waals surface area (Å²) in [5.74, 6) is 0.701. The Kier molecular flexibility index (Phi) is 9.87. The highest BCUT2D eigenvalue weighted by atomic mass is 14.9. The third-order valence-electron chi connectivity index (χ3n) is 7.29. The molecule has 1 aromatic heterocycles. The molecule has 0 saturated heterocycles. The maximum absolute atomic E-state index is 5.00. The zero-order valence-electron chi connectivity index (χ0n) is 25.3. The monoisotopic (exact) mass is 568 g/mol. The van der Waals surface area contributed by atoms with E-state index < -0.39 is 0 Å². The van der Waals surface area contributed by atoms with Crippen LogP contribution in [0.25, 0.3) is 56.2 Å². The first-order chi connectivity index (χ1) is 21.6. The molecule has 5 aromatic rings. The minimum atomic E-state index is 0.701. The summed E-state index contributed by atoms with van der Waals surface area (Å²) < 4.78 is 0. The Labute approximate surface area is 261 Å². The molecule has 0 saturated carbocycles. The topological polar surface area (TPSA) is 25.8 Å². The van der Waals surface area contributed by atoms with E-state index in [9.17, 15) is 0 Å². The van der Waals surface area contributed by atoms with E-state index in [2.05, 4.69) is 104 Å². The lowest BCUT2D eigenvalue weighted by Gasteiger charge is -2.11. The summed E-state index contributed by atoms with van der Waals surface area (Å²) in [6, 6.07) is 37.9. The van der Waals surface area contributed by atoms with E-state index in [0.29, 0.717) is 5.82 Å². The van der Waals surface area contributed by atoms with Crippen molar-refractivity contribution in [1.29, 1.82) is 0 Å². The molecule has 5 rings (SSSR count). The lowest BCUT2D eigenvalue weighted by Crippen LogP contribution is -1.96. The number of nitrogens with zero attached hydrogens (tertiary/aromatic N) is 2. The van der Waals surface area contributed by atoms with Crippen LogP contribution in [-0.2, 0) is 0 Å². The van der Waals surface area contributed by atoms with Crippen molar-refractivity contribution in [2.24, 2.45) is 0 Å². The minimum Gasteiger partial charge on any atom is -0.228 e. The Balaban J connectivity index is 1.50. The van der Waals surface area contributed by atoms with Crippen molar-refractivity contribution in [2.75, 3.05) is 0 Å². The molecule has 0 radical (unpaired) electrons. The van der Waals surface area contributed by atoms with Crippen molar-refractivity contribution in [1.82, 2.24) is 9.97 Å². The van der Waals surface area contributed by atoms with Crippen molar-refractivity contribution < 1.29 is 0 Å². The number of hydrogen-bond donors (Lipinski definition) is 0. The highest BCUT2D eigenvalue weighted by molar-refractivity contribution is 5.79. The summed E-state index contributed by atoms with van der Waals surface area (Å²) in [5, 5.41) is 0. The summed E-state index contributed by atoms with van der Waals surface area (Å²) in [7, 11) is 0. The van der Waals surface area contributed by atoms with Gasteiger partial charge in [0, 0.05) is 16.7 Å². The van der Waals surface area contributed by atoms with Crippen molar-refractivity contribution in [3.63, 3.8) is 0 Å². The molecule has 0 amide bonds. The van der Waals surface area contributed by atoms with Gasteiger partial charge in [0.15, 0.2) is 5.82 Å². The largest absolute Gasteiger partial charge is 0.228 e. The molecular formula is C42H36N2. The number of benzene rings is 4. The molecular weight excluding hydrogens is 532 g/mol. The molecule has 1 heterocycles. The van der Waals surface area contributed by atoms with Crippen LogP contribution in [0.3, 0.4) is 0 Å². The second-order valence-corrected chi connectivity index (χ2v) is 10.3. The molecule has 0 spiro atoms. The molecule has 0 aliphatic rings. The van der Waals surface area contributed by atoms with Gasteiger partial charge in [-0.2, -0.15) is 0 Å². The first-order valence-corrected chi connectivity index (χ1v) is 14.8. The maximum atomic E-state index is 5.00. The van der Waals surface area contributed by atoms with Gasteiger partial charge in [0.1, 0.15) is 0 Å². The molecule has 4 aromatic carbocycles. The van der Waals surface area contributed by atoms with Crippen LogP contribution in [0.4, 0.5) is 0 Å². The van der Waals surface area contributed by atoms with Crippen LogP contribution in [0, 0.1) is 0 Å². The highest BCUT2D eigenvalue weighted by Gasteiger charge is 2.11. The van der Waals surface area contributed by atoms with Gasteiger partial charge in [-0.15, -0.1) is 0 Å². The van der Waals surface area contributed by atoms with E-state index in [0.717, 1.165) is 61.5 Å². The molecule has 0 N–H and O–H groups in total. The molecule has 0 unspecified atom stereocenters. The Morgan fingerprint density at radius 1 is 0.500 bits per heavy atom. The molecule has 0 aliphatic heterocycles. The predicted molar refractivity (Wildman–Crippen MR) is 190 cm³/mol. The van der Waals surface area contributed by atoms with Gasteiger partial charge in [-0.05, 0) is 53.3 Å². The van der Waals surface area contributed by atoms with Crippen molar-refractivity contribution in [2.45, 2.75) is 13.8 Å². The van der Waals surface area contributed by atoms with Crippen molar-refractivity contribution >= 4 is 11.1 Å². The predicted octanol–water partition coefficient (Wildman–Crippen LogP) is 11.4. The standard InChI is InChI=1S/C42H36N2/c1-5-12-31(13-6-2)33-18-20-35(21-19-33)36-24-28-38(29-25-36)41-30-40(43-42(44-41)39-16-10-9-11-17-39)37-26-22-34(23-27-37)32(14-7-3)15-8-4/h5-30H,1,3H2,2,4H3/b13-6-,15-8-,31-12+,32-14+. The van der Waals surface area contributed by atoms with Gasteiger partial charge >= 0.3 is 0 Å². The first kappa shape index (κ1) is 29.9. The third kappa shape index (κ3) is 7.06. The van der Waals surface area contributed by atoms with Crippen LogP contribution in [0.15, 0.2) is 171 Å². The van der Waals surface area contributed by atoms with Gasteiger partial charge in [0.2, 0.25) is 0 Å². The molecule has 0 bridgehead atoms. The van der Waals surface area contributed by atoms with E-state index in [-0.39, 0.29) is 0 Å². The Morgan fingerprint density at radius 2 is 0.909 bits per heavy atom. The van der Waals surface area contributed by atoms with Crippen molar-refractivity contribution in [3.8, 4) is 45.0 Å². The normalized spacial score (nSPS) is 12.1. The quantitative estimate of drug-likeness (QED) is 0.157.